The Balaban J connectivity index is 2.11. The van der Waals surface area contributed by atoms with Gasteiger partial charge in [-0.05, 0) is 37.6 Å². The van der Waals surface area contributed by atoms with Crippen molar-refractivity contribution < 1.29 is 9.26 Å². The average Bonchev–Trinajstić information content (AvgIpc) is 2.68. The maximum atomic E-state index is 5.73. The average molecular weight is 311 g/mol. The zero-order valence-electron chi connectivity index (χ0n) is 10.4. The summed E-state index contributed by atoms with van der Waals surface area (Å²) in [6.45, 7) is 4.71. The minimum atomic E-state index is 0.451. The molecule has 0 bridgehead atoms. The Morgan fingerprint density at radius 2 is 2.17 bits per heavy atom. The zero-order chi connectivity index (χ0) is 13.1. The van der Waals surface area contributed by atoms with E-state index in [1.165, 1.54) is 0 Å². The van der Waals surface area contributed by atoms with E-state index in [0.29, 0.717) is 13.2 Å². The predicted octanol–water partition coefficient (Wildman–Crippen LogP) is 3.09. The van der Waals surface area contributed by atoms with Crippen LogP contribution in [0, 0.1) is 13.8 Å². The standard InChI is InChI=1S/C13H15BrN2O2/c1-8-12(9(2)18-16-8)7-17-11-3-4-13(14)10(5-11)6-15/h3-5H,6-7,15H2,1-2H3. The van der Waals surface area contributed by atoms with Crippen molar-refractivity contribution in [3.63, 3.8) is 0 Å². The fourth-order valence-corrected chi connectivity index (χ4v) is 2.07. The Kier molecular flexibility index (Phi) is 4.04. The Bertz CT molecular complexity index is 532. The molecular formula is C13H15BrN2O2. The normalized spacial score (nSPS) is 10.7. The Hall–Kier alpha value is -1.33. The third kappa shape index (κ3) is 2.73. The number of aromatic nitrogens is 1. The number of rotatable bonds is 4. The van der Waals surface area contributed by atoms with Gasteiger partial charge in [0.1, 0.15) is 18.1 Å². The molecule has 1 aromatic heterocycles. The largest absolute Gasteiger partial charge is 0.489 e. The van der Waals surface area contributed by atoms with Crippen molar-refractivity contribution in [2.24, 2.45) is 5.73 Å². The van der Waals surface area contributed by atoms with Crippen LogP contribution in [0.5, 0.6) is 5.75 Å². The first-order chi connectivity index (χ1) is 8.61. The summed E-state index contributed by atoms with van der Waals surface area (Å²) in [4.78, 5) is 0. The van der Waals surface area contributed by atoms with E-state index in [2.05, 4.69) is 21.1 Å². The highest BCUT2D eigenvalue weighted by Crippen LogP contribution is 2.23. The van der Waals surface area contributed by atoms with Gasteiger partial charge in [0.05, 0.1) is 11.3 Å². The highest BCUT2D eigenvalue weighted by molar-refractivity contribution is 9.10. The summed E-state index contributed by atoms with van der Waals surface area (Å²) < 4.78 is 11.8. The summed E-state index contributed by atoms with van der Waals surface area (Å²) in [6.07, 6.45) is 0. The molecule has 0 radical (unpaired) electrons. The van der Waals surface area contributed by atoms with Crippen molar-refractivity contribution in [2.45, 2.75) is 27.0 Å². The van der Waals surface area contributed by atoms with Crippen LogP contribution >= 0.6 is 15.9 Å². The van der Waals surface area contributed by atoms with E-state index in [-0.39, 0.29) is 0 Å². The van der Waals surface area contributed by atoms with Crippen LogP contribution < -0.4 is 10.5 Å². The molecule has 18 heavy (non-hydrogen) atoms. The van der Waals surface area contributed by atoms with Crippen molar-refractivity contribution >= 4 is 15.9 Å². The molecule has 2 aromatic rings. The number of ether oxygens (including phenoxy) is 1. The van der Waals surface area contributed by atoms with E-state index < -0.39 is 0 Å². The topological polar surface area (TPSA) is 61.3 Å². The lowest BCUT2D eigenvalue weighted by Gasteiger charge is -2.08. The molecule has 0 aliphatic rings. The number of nitrogens with two attached hydrogens (primary N) is 1. The minimum Gasteiger partial charge on any atom is -0.489 e. The van der Waals surface area contributed by atoms with Crippen LogP contribution in [0.4, 0.5) is 0 Å². The van der Waals surface area contributed by atoms with Crippen LogP contribution in [-0.2, 0) is 13.2 Å². The van der Waals surface area contributed by atoms with Gasteiger partial charge in [-0.25, -0.2) is 0 Å². The first-order valence-electron chi connectivity index (χ1n) is 5.65. The highest BCUT2D eigenvalue weighted by Gasteiger charge is 2.10. The molecule has 96 valence electrons. The van der Waals surface area contributed by atoms with Gasteiger partial charge in [0.15, 0.2) is 0 Å². The summed E-state index contributed by atoms with van der Waals surface area (Å²) in [5.74, 6) is 1.59. The third-order valence-corrected chi connectivity index (χ3v) is 3.58. The first-order valence-corrected chi connectivity index (χ1v) is 6.44. The number of aryl methyl sites for hydroxylation is 2. The molecule has 0 atom stereocenters. The predicted molar refractivity (Wildman–Crippen MR) is 72.3 cm³/mol. The minimum absolute atomic E-state index is 0.451. The molecule has 0 amide bonds. The molecule has 1 heterocycles. The zero-order valence-corrected chi connectivity index (χ0v) is 12.0. The van der Waals surface area contributed by atoms with Crippen LogP contribution in [0.15, 0.2) is 27.2 Å². The third-order valence-electron chi connectivity index (χ3n) is 2.80. The summed E-state index contributed by atoms with van der Waals surface area (Å²) in [7, 11) is 0. The van der Waals surface area contributed by atoms with Gasteiger partial charge in [-0.1, -0.05) is 21.1 Å². The number of halogens is 1. The summed E-state index contributed by atoms with van der Waals surface area (Å²) in [6, 6.07) is 5.77. The van der Waals surface area contributed by atoms with Gasteiger partial charge >= 0.3 is 0 Å². The van der Waals surface area contributed by atoms with Gasteiger partial charge in [-0.15, -0.1) is 0 Å². The van der Waals surface area contributed by atoms with E-state index in [9.17, 15) is 0 Å². The molecule has 0 fully saturated rings. The van der Waals surface area contributed by atoms with Crippen LogP contribution in [0.25, 0.3) is 0 Å². The lowest BCUT2D eigenvalue weighted by molar-refractivity contribution is 0.301. The molecule has 0 saturated carbocycles. The number of nitrogens with zero attached hydrogens (tertiary/aromatic N) is 1. The molecule has 0 saturated heterocycles. The second-order valence-corrected chi connectivity index (χ2v) is 4.90. The van der Waals surface area contributed by atoms with Crippen LogP contribution in [0.1, 0.15) is 22.6 Å². The van der Waals surface area contributed by atoms with E-state index in [4.69, 9.17) is 15.0 Å². The second-order valence-electron chi connectivity index (χ2n) is 4.05. The van der Waals surface area contributed by atoms with Crippen molar-refractivity contribution in [2.75, 3.05) is 0 Å². The summed E-state index contributed by atoms with van der Waals surface area (Å²) in [5, 5.41) is 3.89. The van der Waals surface area contributed by atoms with Gasteiger partial charge in [-0.2, -0.15) is 0 Å². The van der Waals surface area contributed by atoms with Gasteiger partial charge < -0.3 is 15.0 Å². The van der Waals surface area contributed by atoms with Gasteiger partial charge in [0.25, 0.3) is 0 Å². The highest BCUT2D eigenvalue weighted by atomic mass is 79.9. The quantitative estimate of drug-likeness (QED) is 0.942. The SMILES string of the molecule is Cc1noc(C)c1COc1ccc(Br)c(CN)c1. The van der Waals surface area contributed by atoms with Crippen molar-refractivity contribution in [3.05, 3.63) is 45.3 Å². The Morgan fingerprint density at radius 1 is 1.39 bits per heavy atom. The fourth-order valence-electron chi connectivity index (χ4n) is 1.66. The first kappa shape index (κ1) is 13.1. The van der Waals surface area contributed by atoms with E-state index >= 15 is 0 Å². The molecule has 0 unspecified atom stereocenters. The number of benzene rings is 1. The van der Waals surface area contributed by atoms with Crippen molar-refractivity contribution in [1.29, 1.82) is 0 Å². The van der Waals surface area contributed by atoms with Crippen LogP contribution in [-0.4, -0.2) is 5.16 Å². The molecule has 0 aliphatic carbocycles. The van der Waals surface area contributed by atoms with Gasteiger partial charge in [0, 0.05) is 11.0 Å². The van der Waals surface area contributed by atoms with E-state index in [1.807, 2.05) is 32.0 Å². The van der Waals surface area contributed by atoms with E-state index in [1.54, 1.807) is 0 Å². The second kappa shape index (κ2) is 5.54. The summed E-state index contributed by atoms with van der Waals surface area (Å²) in [5.41, 5.74) is 8.52. The van der Waals surface area contributed by atoms with Gasteiger partial charge in [0.2, 0.25) is 0 Å². The molecule has 2 rings (SSSR count). The van der Waals surface area contributed by atoms with Gasteiger partial charge in [-0.3, -0.25) is 0 Å². The van der Waals surface area contributed by atoms with E-state index in [0.717, 1.165) is 32.8 Å². The smallest absolute Gasteiger partial charge is 0.140 e. The number of hydrogen-bond acceptors (Lipinski definition) is 4. The number of hydrogen-bond donors (Lipinski definition) is 1. The molecule has 5 heteroatoms. The lowest BCUT2D eigenvalue weighted by Crippen LogP contribution is -2.01. The molecule has 0 aliphatic heterocycles. The molecule has 1 aromatic carbocycles. The Morgan fingerprint density at radius 3 is 2.78 bits per heavy atom. The molecular weight excluding hydrogens is 296 g/mol. The van der Waals surface area contributed by atoms with Crippen LogP contribution in [0.2, 0.25) is 0 Å². The van der Waals surface area contributed by atoms with Crippen molar-refractivity contribution in [1.82, 2.24) is 5.16 Å². The summed E-state index contributed by atoms with van der Waals surface area (Å²) >= 11 is 3.44. The Labute approximate surface area is 114 Å². The molecule has 4 nitrogen and oxygen atoms in total. The maximum Gasteiger partial charge on any atom is 0.140 e. The lowest BCUT2D eigenvalue weighted by atomic mass is 10.2. The van der Waals surface area contributed by atoms with Crippen molar-refractivity contribution in [3.8, 4) is 5.75 Å². The molecule has 0 spiro atoms. The monoisotopic (exact) mass is 310 g/mol. The molecule has 2 N–H and O–H groups in total. The van der Waals surface area contributed by atoms with Crippen LogP contribution in [0.3, 0.4) is 0 Å². The fraction of sp³-hybridized carbons (Fsp3) is 0.308. The maximum absolute atomic E-state index is 5.73.